The predicted molar refractivity (Wildman–Crippen MR) is 162 cm³/mol. The van der Waals surface area contributed by atoms with Gasteiger partial charge in [-0.05, 0) is 42.8 Å². The Balaban J connectivity index is 1.46. The summed E-state index contributed by atoms with van der Waals surface area (Å²) in [4.78, 5) is 25.3. The minimum atomic E-state index is -4.82. The molecule has 5 rings (SSSR count). The van der Waals surface area contributed by atoms with E-state index in [-0.39, 0.29) is 52.2 Å². The molecule has 2 aromatic carbocycles. The number of anilines is 2. The smallest absolute Gasteiger partial charge is 0.407 e. The monoisotopic (exact) mass is 681 g/mol. The fourth-order valence-corrected chi connectivity index (χ4v) is 6.00. The number of alkyl halides is 4. The number of nitrogens with one attached hydrogen (secondary N) is 2. The minimum absolute atomic E-state index is 0.00893. The van der Waals surface area contributed by atoms with Crippen LogP contribution in [0.15, 0.2) is 54.9 Å². The Hall–Kier alpha value is -4.84. The zero-order valence-electron chi connectivity index (χ0n) is 24.8. The molecule has 0 aliphatic carbocycles. The number of pyridine rings is 1. The van der Waals surface area contributed by atoms with Gasteiger partial charge in [-0.15, -0.1) is 0 Å². The van der Waals surface area contributed by atoms with Gasteiger partial charge in [-0.3, -0.25) is 4.72 Å². The number of halogens is 5. The molecule has 1 aliphatic heterocycles. The maximum atomic E-state index is 15.0. The summed E-state index contributed by atoms with van der Waals surface area (Å²) in [6, 6.07) is 9.45. The molecule has 2 atom stereocenters. The van der Waals surface area contributed by atoms with Crippen LogP contribution in [-0.2, 0) is 10.2 Å². The molecule has 0 saturated carbocycles. The SMILES string of the molecule is Cc1ccc2c(NS(=O)(=O)N(C)CC(F)(F)F)c(F)ccc2c1Oc1ncccc1-c1ccnc(N[C@H]2C[C@H](F)CN(C(=O)O)C2)n1. The molecular formula is C29H28F5N7O5S. The van der Waals surface area contributed by atoms with Crippen molar-refractivity contribution < 1.29 is 45.0 Å². The number of benzene rings is 2. The third kappa shape index (κ3) is 7.76. The van der Waals surface area contributed by atoms with Gasteiger partial charge in [-0.2, -0.15) is 25.9 Å². The van der Waals surface area contributed by atoms with E-state index in [1.807, 2.05) is 4.72 Å². The molecule has 4 aromatic rings. The van der Waals surface area contributed by atoms with Gasteiger partial charge in [0.15, 0.2) is 0 Å². The van der Waals surface area contributed by atoms with Gasteiger partial charge in [-0.1, -0.05) is 12.1 Å². The fourth-order valence-electron chi connectivity index (χ4n) is 5.07. The molecule has 0 spiro atoms. The van der Waals surface area contributed by atoms with E-state index in [0.29, 0.717) is 23.9 Å². The predicted octanol–water partition coefficient (Wildman–Crippen LogP) is 5.58. The first-order valence-corrected chi connectivity index (χ1v) is 15.4. The van der Waals surface area contributed by atoms with Gasteiger partial charge < -0.3 is 20.1 Å². The van der Waals surface area contributed by atoms with E-state index in [0.717, 1.165) is 11.0 Å². The highest BCUT2D eigenvalue weighted by Crippen LogP contribution is 2.40. The van der Waals surface area contributed by atoms with E-state index < -0.39 is 52.7 Å². The van der Waals surface area contributed by atoms with Crippen LogP contribution in [0, 0.1) is 12.7 Å². The highest BCUT2D eigenvalue weighted by molar-refractivity contribution is 7.90. The van der Waals surface area contributed by atoms with Crippen LogP contribution in [0.2, 0.25) is 0 Å². The number of aromatic nitrogens is 3. The lowest BCUT2D eigenvalue weighted by atomic mass is 10.0. The Labute approximate surface area is 265 Å². The average Bonchev–Trinajstić information content (AvgIpc) is 2.99. The Kier molecular flexibility index (Phi) is 9.35. The summed E-state index contributed by atoms with van der Waals surface area (Å²) in [6.45, 7) is -0.310. The molecule has 1 saturated heterocycles. The number of aryl methyl sites for hydroxylation is 1. The quantitative estimate of drug-likeness (QED) is 0.192. The summed E-state index contributed by atoms with van der Waals surface area (Å²) in [5.41, 5.74) is 0.673. The van der Waals surface area contributed by atoms with Crippen LogP contribution in [0.25, 0.3) is 22.0 Å². The van der Waals surface area contributed by atoms with Crippen LogP contribution in [0.5, 0.6) is 11.6 Å². The third-order valence-electron chi connectivity index (χ3n) is 7.25. The number of hydrogen-bond donors (Lipinski definition) is 3. The molecule has 1 fully saturated rings. The van der Waals surface area contributed by atoms with E-state index in [4.69, 9.17) is 4.74 Å². The first-order valence-electron chi connectivity index (χ1n) is 14.0. The van der Waals surface area contributed by atoms with Gasteiger partial charge >= 0.3 is 22.5 Å². The van der Waals surface area contributed by atoms with Gasteiger partial charge in [0.1, 0.15) is 24.3 Å². The zero-order valence-corrected chi connectivity index (χ0v) is 25.6. The van der Waals surface area contributed by atoms with Crippen LogP contribution in [-0.4, -0.2) is 88.8 Å². The number of carbonyl (C=O) groups is 1. The molecule has 0 bridgehead atoms. The fraction of sp³-hybridized carbons (Fsp3) is 0.310. The number of amides is 1. The number of carboxylic acid groups (broad SMARTS) is 1. The second-order valence-corrected chi connectivity index (χ2v) is 12.6. The summed E-state index contributed by atoms with van der Waals surface area (Å²) >= 11 is 0. The number of nitrogens with zero attached hydrogens (tertiary/aromatic N) is 5. The van der Waals surface area contributed by atoms with E-state index in [2.05, 4.69) is 20.3 Å². The third-order valence-corrected chi connectivity index (χ3v) is 8.66. The molecule has 0 radical (unpaired) electrons. The van der Waals surface area contributed by atoms with Crippen LogP contribution in [0.1, 0.15) is 12.0 Å². The molecular weight excluding hydrogens is 653 g/mol. The Bertz CT molecular complexity index is 1910. The maximum absolute atomic E-state index is 15.0. The number of ether oxygens (including phenoxy) is 1. The number of likely N-dealkylation sites (tertiary alicyclic amines) is 1. The topological polar surface area (TPSA) is 150 Å². The summed E-state index contributed by atoms with van der Waals surface area (Å²) in [5.74, 6) is -0.725. The molecule has 1 aliphatic rings. The van der Waals surface area contributed by atoms with E-state index in [1.165, 1.54) is 30.6 Å². The van der Waals surface area contributed by atoms with E-state index >= 15 is 0 Å². The first kappa shape index (κ1) is 33.5. The van der Waals surface area contributed by atoms with Crippen molar-refractivity contribution in [2.45, 2.75) is 31.7 Å². The normalized spacial score (nSPS) is 17.1. The molecule has 47 heavy (non-hydrogen) atoms. The number of piperidine rings is 1. The van der Waals surface area contributed by atoms with E-state index in [9.17, 15) is 40.3 Å². The summed E-state index contributed by atoms with van der Waals surface area (Å²) in [5, 5.41) is 12.5. The van der Waals surface area contributed by atoms with Crippen molar-refractivity contribution in [3.05, 3.63) is 66.2 Å². The standard InChI is InChI=1S/C29H28F5N7O5S/c1-16-5-6-19-20(7-8-22(31)24(19)39-47(44,45)40(2)15-29(32,33)34)25(16)46-26-21(4-3-10-35-26)23-9-11-36-27(38-23)37-18-12-17(30)13-41(14-18)28(42)43/h3-11,17-18,39H,12-15H2,1-2H3,(H,42,43)(H,36,37,38)/t17-,18-/m0/s1. The van der Waals surface area contributed by atoms with Crippen LogP contribution >= 0.6 is 0 Å². The van der Waals surface area contributed by atoms with Gasteiger partial charge in [0.2, 0.25) is 11.8 Å². The average molecular weight is 682 g/mol. The number of rotatable bonds is 9. The van der Waals surface area contributed by atoms with Gasteiger partial charge in [0, 0.05) is 49.2 Å². The summed E-state index contributed by atoms with van der Waals surface area (Å²) < 4.78 is 101. The van der Waals surface area contributed by atoms with Crippen molar-refractivity contribution in [1.29, 1.82) is 0 Å². The van der Waals surface area contributed by atoms with Gasteiger partial charge in [-0.25, -0.2) is 28.5 Å². The van der Waals surface area contributed by atoms with Crippen LogP contribution in [0.4, 0.5) is 38.4 Å². The lowest BCUT2D eigenvalue weighted by Gasteiger charge is -2.33. The van der Waals surface area contributed by atoms with Crippen molar-refractivity contribution in [3.63, 3.8) is 0 Å². The Morgan fingerprint density at radius 1 is 1.11 bits per heavy atom. The second-order valence-electron chi connectivity index (χ2n) is 10.8. The van der Waals surface area contributed by atoms with Crippen molar-refractivity contribution in [2.75, 3.05) is 36.7 Å². The molecule has 250 valence electrons. The minimum Gasteiger partial charge on any atom is -0.465 e. The van der Waals surface area contributed by atoms with Crippen molar-refractivity contribution in [1.82, 2.24) is 24.2 Å². The van der Waals surface area contributed by atoms with Crippen LogP contribution in [0.3, 0.4) is 0 Å². The van der Waals surface area contributed by atoms with Crippen molar-refractivity contribution >= 4 is 38.7 Å². The molecule has 3 N–H and O–H groups in total. The van der Waals surface area contributed by atoms with Crippen molar-refractivity contribution in [3.8, 4) is 22.9 Å². The molecule has 0 unspecified atom stereocenters. The molecule has 3 heterocycles. The highest BCUT2D eigenvalue weighted by Gasteiger charge is 2.35. The lowest BCUT2D eigenvalue weighted by Crippen LogP contribution is -2.49. The van der Waals surface area contributed by atoms with Gasteiger partial charge in [0.25, 0.3) is 0 Å². The van der Waals surface area contributed by atoms with Crippen LogP contribution < -0.4 is 14.8 Å². The number of hydrogen-bond acceptors (Lipinski definition) is 8. The highest BCUT2D eigenvalue weighted by atomic mass is 32.2. The van der Waals surface area contributed by atoms with E-state index in [1.54, 1.807) is 25.1 Å². The van der Waals surface area contributed by atoms with Crippen molar-refractivity contribution in [2.24, 2.45) is 0 Å². The first-order chi connectivity index (χ1) is 22.1. The Morgan fingerprint density at radius 2 is 1.85 bits per heavy atom. The lowest BCUT2D eigenvalue weighted by molar-refractivity contribution is -0.134. The largest absolute Gasteiger partial charge is 0.465 e. The second kappa shape index (κ2) is 13.1. The maximum Gasteiger partial charge on any atom is 0.407 e. The molecule has 1 amide bonds. The molecule has 18 heteroatoms. The Morgan fingerprint density at radius 3 is 2.57 bits per heavy atom. The number of fused-ring (bicyclic) bond motifs is 1. The summed E-state index contributed by atoms with van der Waals surface area (Å²) in [7, 11) is -4.10. The molecule has 2 aromatic heterocycles. The summed E-state index contributed by atoms with van der Waals surface area (Å²) in [6.07, 6.45) is -4.50. The molecule has 12 nitrogen and oxygen atoms in total. The zero-order chi connectivity index (χ0) is 34.1. The van der Waals surface area contributed by atoms with Gasteiger partial charge in [0.05, 0.1) is 23.5 Å².